The van der Waals surface area contributed by atoms with Gasteiger partial charge in [0.1, 0.15) is 0 Å². The summed E-state index contributed by atoms with van der Waals surface area (Å²) < 4.78 is 1.67. The highest BCUT2D eigenvalue weighted by atomic mass is 32.2. The van der Waals surface area contributed by atoms with Crippen LogP contribution in [0, 0.1) is 11.3 Å². The molecule has 0 spiro atoms. The van der Waals surface area contributed by atoms with E-state index in [0.717, 1.165) is 10.6 Å². The van der Waals surface area contributed by atoms with Gasteiger partial charge in [-0.05, 0) is 24.3 Å². The maximum absolute atomic E-state index is 12.4. The van der Waals surface area contributed by atoms with Crippen molar-refractivity contribution in [2.24, 2.45) is 0 Å². The molecule has 0 radical (unpaired) electrons. The van der Waals surface area contributed by atoms with Gasteiger partial charge in [0.15, 0.2) is 0 Å². The molecule has 1 N–H and O–H groups in total. The molecular formula is C20H18N4O2S. The Balaban J connectivity index is 1.67. The van der Waals surface area contributed by atoms with Crippen LogP contribution in [-0.4, -0.2) is 21.4 Å². The van der Waals surface area contributed by atoms with Crippen molar-refractivity contribution in [3.63, 3.8) is 0 Å². The maximum atomic E-state index is 12.4. The van der Waals surface area contributed by atoms with E-state index in [0.29, 0.717) is 29.6 Å². The fourth-order valence-electron chi connectivity index (χ4n) is 2.66. The summed E-state index contributed by atoms with van der Waals surface area (Å²) in [6.07, 6.45) is 1.97. The van der Waals surface area contributed by atoms with Gasteiger partial charge in [0, 0.05) is 28.9 Å². The van der Waals surface area contributed by atoms with E-state index in [2.05, 4.69) is 16.5 Å². The molecule has 0 fully saturated rings. The van der Waals surface area contributed by atoms with Crippen molar-refractivity contribution in [2.45, 2.75) is 24.3 Å². The monoisotopic (exact) mass is 378 g/mol. The van der Waals surface area contributed by atoms with E-state index < -0.39 is 0 Å². The van der Waals surface area contributed by atoms with Gasteiger partial charge in [0.2, 0.25) is 11.3 Å². The average molecular weight is 378 g/mol. The molecule has 0 bridgehead atoms. The van der Waals surface area contributed by atoms with Gasteiger partial charge in [-0.2, -0.15) is 10.4 Å². The van der Waals surface area contributed by atoms with E-state index in [1.165, 1.54) is 6.20 Å². The first-order valence-electron chi connectivity index (χ1n) is 8.52. The first kappa shape index (κ1) is 18.7. The summed E-state index contributed by atoms with van der Waals surface area (Å²) in [6, 6.07) is 16.9. The molecule has 0 unspecified atom stereocenters. The zero-order valence-corrected chi connectivity index (χ0v) is 15.4. The molecule has 0 saturated heterocycles. The second kappa shape index (κ2) is 9.01. The Morgan fingerprint density at radius 3 is 2.81 bits per heavy atom. The quantitative estimate of drug-likeness (QED) is 0.503. The van der Waals surface area contributed by atoms with Crippen molar-refractivity contribution >= 4 is 34.3 Å². The summed E-state index contributed by atoms with van der Waals surface area (Å²) in [4.78, 5) is 25.2. The number of anilines is 1. The molecule has 1 aromatic heterocycles. The molecule has 1 amide bonds. The van der Waals surface area contributed by atoms with Crippen LogP contribution in [0.4, 0.5) is 5.69 Å². The summed E-state index contributed by atoms with van der Waals surface area (Å²) >= 11 is 1.54. The Labute approximate surface area is 160 Å². The number of hydrogen-bond donors (Lipinski definition) is 1. The number of nitrogens with zero attached hydrogens (tertiary/aromatic N) is 3. The number of rotatable bonds is 7. The number of nitriles is 1. The topological polar surface area (TPSA) is 87.8 Å². The number of benzene rings is 2. The zero-order valence-electron chi connectivity index (χ0n) is 14.6. The lowest BCUT2D eigenvalue weighted by atomic mass is 10.2. The molecule has 136 valence electrons. The third-order valence-corrected chi connectivity index (χ3v) is 5.02. The second-order valence-corrected chi connectivity index (χ2v) is 6.94. The molecule has 0 atom stereocenters. The molecular weight excluding hydrogens is 360 g/mol. The van der Waals surface area contributed by atoms with Crippen molar-refractivity contribution < 1.29 is 4.79 Å². The summed E-state index contributed by atoms with van der Waals surface area (Å²) in [6.45, 7) is 0.371. The first-order chi connectivity index (χ1) is 13.2. The normalized spacial score (nSPS) is 10.5. The van der Waals surface area contributed by atoms with Gasteiger partial charge < -0.3 is 5.32 Å². The van der Waals surface area contributed by atoms with Crippen molar-refractivity contribution in [1.82, 2.24) is 9.78 Å². The van der Waals surface area contributed by atoms with Gasteiger partial charge in [0.05, 0.1) is 30.0 Å². The minimum atomic E-state index is -0.132. The Bertz CT molecular complexity index is 1060. The number of carbonyl (C=O) groups is 1. The highest BCUT2D eigenvalue weighted by molar-refractivity contribution is 7.99. The SMILES string of the molecule is N#CCCSc1ccccc1NC(=O)CCn1ncc(=O)c2ccccc21. The summed E-state index contributed by atoms with van der Waals surface area (Å²) in [7, 11) is 0. The Kier molecular flexibility index (Phi) is 6.23. The number of amides is 1. The van der Waals surface area contributed by atoms with Gasteiger partial charge >= 0.3 is 0 Å². The Morgan fingerprint density at radius 1 is 1.19 bits per heavy atom. The molecule has 2 aromatic carbocycles. The number of aryl methyl sites for hydroxylation is 1. The molecule has 27 heavy (non-hydrogen) atoms. The van der Waals surface area contributed by atoms with Gasteiger partial charge in [-0.1, -0.05) is 24.3 Å². The fraction of sp³-hybridized carbons (Fsp3) is 0.200. The molecule has 3 aromatic rings. The molecule has 7 heteroatoms. The molecule has 0 saturated carbocycles. The molecule has 0 aliphatic heterocycles. The smallest absolute Gasteiger partial charge is 0.226 e. The number of para-hydroxylation sites is 2. The number of carbonyl (C=O) groups excluding carboxylic acids is 1. The fourth-order valence-corrected chi connectivity index (χ4v) is 3.52. The highest BCUT2D eigenvalue weighted by Gasteiger charge is 2.09. The molecule has 1 heterocycles. The lowest BCUT2D eigenvalue weighted by molar-refractivity contribution is -0.116. The van der Waals surface area contributed by atoms with E-state index in [1.807, 2.05) is 42.5 Å². The third kappa shape index (κ3) is 4.74. The van der Waals surface area contributed by atoms with Crippen LogP contribution in [0.3, 0.4) is 0 Å². The van der Waals surface area contributed by atoms with E-state index in [9.17, 15) is 9.59 Å². The van der Waals surface area contributed by atoms with Gasteiger partial charge in [-0.25, -0.2) is 0 Å². The number of aromatic nitrogens is 2. The van der Waals surface area contributed by atoms with Crippen molar-refractivity contribution in [3.05, 3.63) is 65.0 Å². The van der Waals surface area contributed by atoms with Crippen molar-refractivity contribution in [1.29, 1.82) is 5.26 Å². The predicted octanol–water partition coefficient (Wildman–Crippen LogP) is 3.43. The molecule has 6 nitrogen and oxygen atoms in total. The zero-order chi connectivity index (χ0) is 19.1. The lowest BCUT2D eigenvalue weighted by Crippen LogP contribution is -2.18. The molecule has 3 rings (SSSR count). The van der Waals surface area contributed by atoms with E-state index >= 15 is 0 Å². The Hall–Kier alpha value is -3.11. The van der Waals surface area contributed by atoms with Crippen LogP contribution in [0.25, 0.3) is 10.9 Å². The number of thioether (sulfide) groups is 1. The average Bonchev–Trinajstić information content (AvgIpc) is 2.69. The van der Waals surface area contributed by atoms with Crippen LogP contribution >= 0.6 is 11.8 Å². The number of hydrogen-bond acceptors (Lipinski definition) is 5. The maximum Gasteiger partial charge on any atom is 0.226 e. The van der Waals surface area contributed by atoms with Crippen LogP contribution < -0.4 is 10.7 Å². The molecule has 0 aliphatic rings. The minimum Gasteiger partial charge on any atom is -0.325 e. The lowest BCUT2D eigenvalue weighted by Gasteiger charge is -2.12. The van der Waals surface area contributed by atoms with Gasteiger partial charge in [-0.15, -0.1) is 11.8 Å². The van der Waals surface area contributed by atoms with Crippen molar-refractivity contribution in [3.8, 4) is 6.07 Å². The van der Waals surface area contributed by atoms with E-state index in [-0.39, 0.29) is 17.8 Å². The summed E-state index contributed by atoms with van der Waals surface area (Å²) in [5.41, 5.74) is 1.32. The number of nitrogens with one attached hydrogen (secondary N) is 1. The predicted molar refractivity (Wildman–Crippen MR) is 107 cm³/mol. The highest BCUT2D eigenvalue weighted by Crippen LogP contribution is 2.27. The first-order valence-corrected chi connectivity index (χ1v) is 9.51. The molecule has 0 aliphatic carbocycles. The van der Waals surface area contributed by atoms with Crippen LogP contribution in [0.2, 0.25) is 0 Å². The van der Waals surface area contributed by atoms with Crippen LogP contribution in [0.15, 0.2) is 64.4 Å². The van der Waals surface area contributed by atoms with Crippen LogP contribution in [-0.2, 0) is 11.3 Å². The summed E-state index contributed by atoms with van der Waals surface area (Å²) in [5, 5.41) is 16.3. The minimum absolute atomic E-state index is 0.130. The largest absolute Gasteiger partial charge is 0.325 e. The standard InChI is InChI=1S/C20H18N4O2S/c21-11-5-13-27-19-9-4-2-7-16(19)23-20(26)10-12-24-17-8-3-1-6-15(17)18(25)14-22-24/h1-4,6-9,14H,5,10,12-13H2,(H,23,26). The second-order valence-electron chi connectivity index (χ2n) is 5.80. The van der Waals surface area contributed by atoms with E-state index in [4.69, 9.17) is 5.26 Å². The summed E-state index contributed by atoms with van der Waals surface area (Å²) in [5.74, 6) is 0.546. The van der Waals surface area contributed by atoms with Gasteiger partial charge in [0.25, 0.3) is 0 Å². The van der Waals surface area contributed by atoms with Gasteiger partial charge in [-0.3, -0.25) is 14.3 Å². The third-order valence-electron chi connectivity index (χ3n) is 3.95. The van der Waals surface area contributed by atoms with Crippen molar-refractivity contribution in [2.75, 3.05) is 11.1 Å². The van der Waals surface area contributed by atoms with E-state index in [1.54, 1.807) is 22.5 Å². The Morgan fingerprint density at radius 2 is 1.96 bits per heavy atom. The van der Waals surface area contributed by atoms with Crippen LogP contribution in [0.1, 0.15) is 12.8 Å². The number of fused-ring (bicyclic) bond motifs is 1. The van der Waals surface area contributed by atoms with Crippen LogP contribution in [0.5, 0.6) is 0 Å².